The smallest absolute Gasteiger partial charge is 0.357 e. The van der Waals surface area contributed by atoms with Gasteiger partial charge < -0.3 is 16.7 Å². The maximum Gasteiger partial charge on any atom is 0.357 e. The lowest BCUT2D eigenvalue weighted by atomic mass is 9.92. The van der Waals surface area contributed by atoms with Gasteiger partial charge in [-0.2, -0.15) is 16.8 Å². The molecule has 0 saturated heterocycles. The molecule has 4 atom stereocenters. The molecule has 0 aliphatic carbocycles. The third-order valence-corrected chi connectivity index (χ3v) is 5.62. The van der Waals surface area contributed by atoms with E-state index in [1.807, 2.05) is 0 Å². The Hall–Kier alpha value is -2.44. The molecule has 4 N–H and O–H groups in total. The Labute approximate surface area is 188 Å². The molecule has 0 radical (unpaired) electrons. The number of benzene rings is 4. The molecule has 0 aliphatic heterocycles. The van der Waals surface area contributed by atoms with Crippen LogP contribution in [-0.4, -0.2) is 35.0 Å². The summed E-state index contributed by atoms with van der Waals surface area (Å²) < 4.78 is 103. The predicted molar refractivity (Wildman–Crippen MR) is 116 cm³/mol. The van der Waals surface area contributed by atoms with Crippen molar-refractivity contribution in [3.05, 3.63) is 36.4 Å². The molecule has 0 fully saturated rings. The molecule has 32 heavy (non-hydrogen) atoms. The lowest BCUT2D eigenvalue weighted by Gasteiger charge is -2.20. The van der Waals surface area contributed by atoms with Crippen molar-refractivity contribution in [3.63, 3.8) is 0 Å². The lowest BCUT2D eigenvalue weighted by molar-refractivity contribution is 0.410. The van der Waals surface area contributed by atoms with Crippen molar-refractivity contribution in [2.45, 2.75) is 0 Å². The first-order valence-corrected chi connectivity index (χ1v) is 12.2. The van der Waals surface area contributed by atoms with Gasteiger partial charge in [-0.05, 0) is 28.3 Å². The molecule has 170 valence electrons. The van der Waals surface area contributed by atoms with Crippen LogP contribution < -0.4 is 16.7 Å². The summed E-state index contributed by atoms with van der Waals surface area (Å²) in [4.78, 5) is 0. The monoisotopic (exact) mass is 522 g/mol. The minimum Gasteiger partial charge on any atom is -0.379 e. The number of hydrogen-bond donors (Lipinski definition) is 4. The van der Waals surface area contributed by atoms with Gasteiger partial charge in [-0.3, -0.25) is 18.2 Å². The maximum atomic E-state index is 11.5. The minimum atomic E-state index is -3.04. The van der Waals surface area contributed by atoms with E-state index in [9.17, 15) is 35.0 Å². The van der Waals surface area contributed by atoms with Gasteiger partial charge in [-0.25, -0.2) is 0 Å². The van der Waals surface area contributed by atoms with E-state index in [-0.39, 0.29) is 21.9 Å². The molecule has 0 amide bonds. The van der Waals surface area contributed by atoms with Crippen LogP contribution in [0.5, 0.6) is 23.0 Å². The van der Waals surface area contributed by atoms with Crippen molar-refractivity contribution in [3.8, 4) is 23.0 Å². The van der Waals surface area contributed by atoms with E-state index in [2.05, 4.69) is 0 Å². The summed E-state index contributed by atoms with van der Waals surface area (Å²) >= 11 is -11.9. The summed E-state index contributed by atoms with van der Waals surface area (Å²) in [6, 6.07) is 9.47. The summed E-state index contributed by atoms with van der Waals surface area (Å²) in [5, 5.41) is 1.71. The summed E-state index contributed by atoms with van der Waals surface area (Å²) in [7, 11) is 0. The highest BCUT2D eigenvalue weighted by atomic mass is 32.2. The second-order valence-corrected chi connectivity index (χ2v) is 8.41. The van der Waals surface area contributed by atoms with Gasteiger partial charge >= 0.3 is 45.4 Å². The van der Waals surface area contributed by atoms with Crippen LogP contribution in [0.15, 0.2) is 36.4 Å². The van der Waals surface area contributed by atoms with E-state index >= 15 is 0 Å². The van der Waals surface area contributed by atoms with Gasteiger partial charge in [0.05, 0.1) is 5.39 Å². The van der Waals surface area contributed by atoms with E-state index in [0.29, 0.717) is 16.2 Å². The third kappa shape index (κ3) is 4.14. The Balaban J connectivity index is 2.31. The SMILES string of the molecule is O=S(O)Oc1c(OS(=O)O)c2ccc3cccc4cc(OS(=O)O)c(c1OS(=O)O)c2c34. The Bertz CT molecular complexity index is 1450. The van der Waals surface area contributed by atoms with Gasteiger partial charge in [-0.1, -0.05) is 24.3 Å². The molecule has 4 aromatic carbocycles. The van der Waals surface area contributed by atoms with Crippen LogP contribution >= 0.6 is 0 Å². The summed E-state index contributed by atoms with van der Waals surface area (Å²) in [5.41, 5.74) is 0. The maximum absolute atomic E-state index is 11.5. The first-order chi connectivity index (χ1) is 15.2. The van der Waals surface area contributed by atoms with Crippen molar-refractivity contribution in [1.82, 2.24) is 0 Å². The first kappa shape index (κ1) is 22.7. The average molecular weight is 523 g/mol. The van der Waals surface area contributed by atoms with Crippen molar-refractivity contribution in [1.29, 1.82) is 0 Å². The quantitative estimate of drug-likeness (QED) is 0.196. The Morgan fingerprint density at radius 1 is 0.562 bits per heavy atom. The molecule has 4 rings (SSSR count). The Kier molecular flexibility index (Phi) is 6.28. The van der Waals surface area contributed by atoms with E-state index < -0.39 is 62.7 Å². The summed E-state index contributed by atoms with van der Waals surface area (Å²) in [6.07, 6.45) is 0. The van der Waals surface area contributed by atoms with Crippen molar-refractivity contribution in [2.75, 3.05) is 0 Å². The first-order valence-electron chi connectivity index (χ1n) is 8.11. The molecule has 0 aromatic heterocycles. The molecule has 0 heterocycles. The summed E-state index contributed by atoms with van der Waals surface area (Å²) in [5.74, 6) is -2.38. The van der Waals surface area contributed by atoms with Gasteiger partial charge in [-0.15, -0.1) is 0 Å². The van der Waals surface area contributed by atoms with Crippen LogP contribution in [0.2, 0.25) is 0 Å². The summed E-state index contributed by atoms with van der Waals surface area (Å²) in [6.45, 7) is 0. The Morgan fingerprint density at radius 2 is 1.12 bits per heavy atom. The van der Waals surface area contributed by atoms with Crippen LogP contribution in [-0.2, 0) is 45.4 Å². The number of rotatable bonds is 8. The lowest BCUT2D eigenvalue weighted by Crippen LogP contribution is -2.09. The molecular formula is C16H10O12S4. The molecule has 4 aromatic rings. The topological polar surface area (TPSA) is 186 Å². The van der Waals surface area contributed by atoms with Crippen LogP contribution in [0.1, 0.15) is 0 Å². The van der Waals surface area contributed by atoms with Gasteiger partial charge in [0.2, 0.25) is 11.5 Å². The van der Waals surface area contributed by atoms with E-state index in [1.54, 1.807) is 24.3 Å². The molecule has 0 spiro atoms. The van der Waals surface area contributed by atoms with Crippen LogP contribution in [0.25, 0.3) is 32.3 Å². The Morgan fingerprint density at radius 3 is 1.75 bits per heavy atom. The molecule has 0 bridgehead atoms. The standard InChI is InChI=1S/C16H10O12S4/c17-29(18)25-10-6-8-3-1-2-7-4-5-9-12(11(7)8)13(10)15(27-31(21)22)16(28-32(23)24)14(9)26-30(19)20/h1-6H,(H,17,18)(H,19,20)(H,21,22)(H,23,24). The van der Waals surface area contributed by atoms with Crippen molar-refractivity contribution >= 4 is 77.8 Å². The van der Waals surface area contributed by atoms with Crippen LogP contribution in [0, 0.1) is 0 Å². The molecule has 0 aliphatic rings. The van der Waals surface area contributed by atoms with Crippen molar-refractivity contribution < 1.29 is 51.8 Å². The zero-order valence-corrected chi connectivity index (χ0v) is 18.4. The van der Waals surface area contributed by atoms with Crippen molar-refractivity contribution in [2.24, 2.45) is 0 Å². The fourth-order valence-corrected chi connectivity index (χ4v) is 4.66. The van der Waals surface area contributed by atoms with Gasteiger partial charge in [0, 0.05) is 10.8 Å². The number of hydrogen-bond acceptors (Lipinski definition) is 8. The zero-order chi connectivity index (χ0) is 23.2. The molecule has 16 heteroatoms. The highest BCUT2D eigenvalue weighted by Crippen LogP contribution is 2.54. The second kappa shape index (κ2) is 8.83. The van der Waals surface area contributed by atoms with E-state index in [1.165, 1.54) is 12.1 Å². The normalized spacial score (nSPS) is 15.5. The highest BCUT2D eigenvalue weighted by Gasteiger charge is 2.30. The van der Waals surface area contributed by atoms with E-state index in [0.717, 1.165) is 0 Å². The third-order valence-electron chi connectivity index (χ3n) is 4.37. The van der Waals surface area contributed by atoms with Gasteiger partial charge in [0.1, 0.15) is 0 Å². The molecule has 0 saturated carbocycles. The molecule has 12 nitrogen and oxygen atoms in total. The molecular weight excluding hydrogens is 512 g/mol. The van der Waals surface area contributed by atoms with Gasteiger partial charge in [0.15, 0.2) is 11.5 Å². The minimum absolute atomic E-state index is 0.0526. The fourth-order valence-electron chi connectivity index (χ4n) is 3.47. The zero-order valence-electron chi connectivity index (χ0n) is 15.2. The highest BCUT2D eigenvalue weighted by molar-refractivity contribution is 7.75. The average Bonchev–Trinajstić information content (AvgIpc) is 2.68. The van der Waals surface area contributed by atoms with Crippen LogP contribution in [0.3, 0.4) is 0 Å². The second-order valence-electron chi connectivity index (χ2n) is 6.01. The van der Waals surface area contributed by atoms with E-state index in [4.69, 9.17) is 16.7 Å². The van der Waals surface area contributed by atoms with Crippen LogP contribution in [0.4, 0.5) is 0 Å². The molecule has 4 unspecified atom stereocenters. The fraction of sp³-hybridized carbons (Fsp3) is 0. The van der Waals surface area contributed by atoms with Gasteiger partial charge in [0.25, 0.3) is 0 Å². The largest absolute Gasteiger partial charge is 0.379 e. The predicted octanol–water partition coefficient (Wildman–Crippen LogP) is 2.65.